The predicted molar refractivity (Wildman–Crippen MR) is 75.3 cm³/mol. The van der Waals surface area contributed by atoms with Gasteiger partial charge in [0.1, 0.15) is 5.69 Å². The summed E-state index contributed by atoms with van der Waals surface area (Å²) in [7, 11) is 0. The van der Waals surface area contributed by atoms with Crippen LogP contribution in [-0.4, -0.2) is 22.8 Å². The Bertz CT molecular complexity index is 398. The number of carbonyl (C=O) groups is 1. The van der Waals surface area contributed by atoms with Crippen LogP contribution in [0.2, 0.25) is 5.02 Å². The average Bonchev–Trinajstić information content (AvgIpc) is 2.28. The smallest absolute Gasteiger partial charge is 0.270 e. The van der Waals surface area contributed by atoms with Crippen molar-refractivity contribution in [1.29, 1.82) is 0 Å². The summed E-state index contributed by atoms with van der Waals surface area (Å²) in [5.41, 5.74) is 0.319. The normalized spacial score (nSPS) is 13.2. The molecule has 100 valence electrons. The molecule has 0 saturated heterocycles. The quantitative estimate of drug-likeness (QED) is 0.862. The van der Waals surface area contributed by atoms with Gasteiger partial charge in [0.2, 0.25) is 0 Å². The van der Waals surface area contributed by atoms with Gasteiger partial charge in [-0.1, -0.05) is 32.4 Å². The third kappa shape index (κ3) is 4.46. The van der Waals surface area contributed by atoms with Gasteiger partial charge in [-0.25, -0.2) is 4.98 Å². The SMILES string of the molecule is CC(C)(C)C(CCCl)NC(=O)c1ccc(Cl)cn1. The van der Waals surface area contributed by atoms with Gasteiger partial charge in [0.25, 0.3) is 5.91 Å². The van der Waals surface area contributed by atoms with Crippen molar-refractivity contribution in [3.05, 3.63) is 29.0 Å². The highest BCUT2D eigenvalue weighted by Gasteiger charge is 2.26. The molecule has 0 aliphatic carbocycles. The first-order valence-corrected chi connectivity index (χ1v) is 6.74. The van der Waals surface area contributed by atoms with Gasteiger partial charge in [-0.15, -0.1) is 11.6 Å². The number of pyridine rings is 1. The minimum Gasteiger partial charge on any atom is -0.347 e. The number of rotatable bonds is 4. The third-order valence-electron chi connectivity index (χ3n) is 2.71. The molecule has 0 aliphatic rings. The number of alkyl halides is 1. The summed E-state index contributed by atoms with van der Waals surface area (Å²) < 4.78 is 0. The maximum absolute atomic E-state index is 12.0. The second-order valence-electron chi connectivity index (χ2n) is 5.23. The summed E-state index contributed by atoms with van der Waals surface area (Å²) >= 11 is 11.5. The fourth-order valence-corrected chi connectivity index (χ4v) is 1.90. The Morgan fingerprint density at radius 3 is 2.56 bits per heavy atom. The first-order chi connectivity index (χ1) is 8.34. The van der Waals surface area contributed by atoms with Crippen LogP contribution in [0.3, 0.4) is 0 Å². The topological polar surface area (TPSA) is 42.0 Å². The highest BCUT2D eigenvalue weighted by Crippen LogP contribution is 2.22. The van der Waals surface area contributed by atoms with Crippen molar-refractivity contribution in [2.24, 2.45) is 5.41 Å². The fourth-order valence-electron chi connectivity index (χ4n) is 1.57. The molecule has 1 heterocycles. The second kappa shape index (κ2) is 6.39. The molecule has 1 aromatic rings. The first kappa shape index (κ1) is 15.3. The molecule has 1 amide bonds. The lowest BCUT2D eigenvalue weighted by molar-refractivity contribution is 0.0895. The molecule has 0 fully saturated rings. The molecule has 1 aromatic heterocycles. The minimum atomic E-state index is -0.197. The number of nitrogens with zero attached hydrogens (tertiary/aromatic N) is 1. The molecule has 18 heavy (non-hydrogen) atoms. The van der Waals surface area contributed by atoms with Crippen LogP contribution in [0.4, 0.5) is 0 Å². The monoisotopic (exact) mass is 288 g/mol. The van der Waals surface area contributed by atoms with Gasteiger partial charge >= 0.3 is 0 Å². The van der Waals surface area contributed by atoms with Crippen LogP contribution >= 0.6 is 23.2 Å². The number of hydrogen-bond donors (Lipinski definition) is 1. The summed E-state index contributed by atoms with van der Waals surface area (Å²) in [5.74, 6) is 0.313. The number of carbonyl (C=O) groups excluding carboxylic acids is 1. The van der Waals surface area contributed by atoms with Crippen molar-refractivity contribution in [1.82, 2.24) is 10.3 Å². The maximum Gasteiger partial charge on any atom is 0.270 e. The van der Waals surface area contributed by atoms with Gasteiger partial charge in [-0.3, -0.25) is 4.79 Å². The van der Waals surface area contributed by atoms with Crippen molar-refractivity contribution in [2.75, 3.05) is 5.88 Å². The molecular weight excluding hydrogens is 271 g/mol. The molecule has 0 aliphatic heterocycles. The van der Waals surface area contributed by atoms with Crippen LogP contribution in [0.1, 0.15) is 37.7 Å². The molecule has 1 atom stereocenters. The summed E-state index contributed by atoms with van der Waals surface area (Å²) in [6, 6.07) is 3.27. The zero-order valence-corrected chi connectivity index (χ0v) is 12.3. The minimum absolute atomic E-state index is 0.0139. The van der Waals surface area contributed by atoms with E-state index in [1.165, 1.54) is 6.20 Å². The number of amides is 1. The lowest BCUT2D eigenvalue weighted by Crippen LogP contribution is -2.44. The lowest BCUT2D eigenvalue weighted by Gasteiger charge is -2.31. The summed E-state index contributed by atoms with van der Waals surface area (Å²) in [6.45, 7) is 6.21. The maximum atomic E-state index is 12.0. The van der Waals surface area contributed by atoms with E-state index in [0.717, 1.165) is 6.42 Å². The molecule has 1 rings (SSSR count). The highest BCUT2D eigenvalue weighted by atomic mass is 35.5. The standard InChI is InChI=1S/C13H18Cl2N2O/c1-13(2,3)11(6-7-14)17-12(18)10-5-4-9(15)8-16-10/h4-5,8,11H,6-7H2,1-3H3,(H,17,18). The molecule has 1 unspecified atom stereocenters. The van der Waals surface area contributed by atoms with E-state index >= 15 is 0 Å². The predicted octanol–water partition coefficient (Wildman–Crippen LogP) is 3.51. The number of halogens is 2. The average molecular weight is 289 g/mol. The van der Waals surface area contributed by atoms with Crippen LogP contribution in [0, 0.1) is 5.41 Å². The molecule has 0 saturated carbocycles. The summed E-state index contributed by atoms with van der Waals surface area (Å²) in [6.07, 6.45) is 2.19. The van der Waals surface area contributed by atoms with Crippen LogP contribution < -0.4 is 5.32 Å². The molecule has 0 aromatic carbocycles. The Kier molecular flexibility index (Phi) is 5.42. The Morgan fingerprint density at radius 2 is 2.11 bits per heavy atom. The van der Waals surface area contributed by atoms with E-state index in [1.54, 1.807) is 12.1 Å². The zero-order chi connectivity index (χ0) is 13.8. The molecule has 0 radical (unpaired) electrons. The molecule has 3 nitrogen and oxygen atoms in total. The van der Waals surface area contributed by atoms with E-state index in [2.05, 4.69) is 31.1 Å². The number of hydrogen-bond acceptors (Lipinski definition) is 2. The molecular formula is C13H18Cl2N2O. The fraction of sp³-hybridized carbons (Fsp3) is 0.538. The van der Waals surface area contributed by atoms with Crippen molar-refractivity contribution in [2.45, 2.75) is 33.2 Å². The summed E-state index contributed by atoms with van der Waals surface area (Å²) in [4.78, 5) is 16.0. The van der Waals surface area contributed by atoms with Crippen LogP contribution in [0.15, 0.2) is 18.3 Å². The Balaban J connectivity index is 2.75. The molecule has 0 spiro atoms. The first-order valence-electron chi connectivity index (χ1n) is 5.83. The Hall–Kier alpha value is -0.800. The highest BCUT2D eigenvalue weighted by molar-refractivity contribution is 6.30. The van der Waals surface area contributed by atoms with Crippen molar-refractivity contribution in [3.63, 3.8) is 0 Å². The van der Waals surface area contributed by atoms with Crippen LogP contribution in [-0.2, 0) is 0 Å². The molecule has 0 bridgehead atoms. The van der Waals surface area contributed by atoms with Crippen molar-refractivity contribution in [3.8, 4) is 0 Å². The van der Waals surface area contributed by atoms with Crippen molar-refractivity contribution < 1.29 is 4.79 Å². The van der Waals surface area contributed by atoms with E-state index in [0.29, 0.717) is 16.6 Å². The second-order valence-corrected chi connectivity index (χ2v) is 6.05. The largest absolute Gasteiger partial charge is 0.347 e. The Labute approximate surface area is 118 Å². The van der Waals surface area contributed by atoms with Gasteiger partial charge < -0.3 is 5.32 Å². The van der Waals surface area contributed by atoms with E-state index < -0.39 is 0 Å². The van der Waals surface area contributed by atoms with Gasteiger partial charge in [-0.05, 0) is 24.0 Å². The number of nitrogens with one attached hydrogen (secondary N) is 1. The third-order valence-corrected chi connectivity index (χ3v) is 3.15. The van der Waals surface area contributed by atoms with E-state index in [1.807, 2.05) is 0 Å². The zero-order valence-electron chi connectivity index (χ0n) is 10.8. The lowest BCUT2D eigenvalue weighted by atomic mass is 9.85. The van der Waals surface area contributed by atoms with Crippen LogP contribution in [0.5, 0.6) is 0 Å². The number of aromatic nitrogens is 1. The summed E-state index contributed by atoms with van der Waals surface area (Å²) in [5, 5.41) is 3.48. The van der Waals surface area contributed by atoms with Gasteiger partial charge in [0.15, 0.2) is 0 Å². The van der Waals surface area contributed by atoms with Gasteiger partial charge in [0, 0.05) is 18.1 Å². The van der Waals surface area contributed by atoms with Gasteiger partial charge in [0.05, 0.1) is 5.02 Å². The van der Waals surface area contributed by atoms with Crippen molar-refractivity contribution >= 4 is 29.1 Å². The Morgan fingerprint density at radius 1 is 1.44 bits per heavy atom. The van der Waals surface area contributed by atoms with Crippen LogP contribution in [0.25, 0.3) is 0 Å². The van der Waals surface area contributed by atoms with E-state index in [4.69, 9.17) is 23.2 Å². The molecule has 1 N–H and O–H groups in total. The van der Waals surface area contributed by atoms with E-state index in [-0.39, 0.29) is 17.4 Å². The van der Waals surface area contributed by atoms with Gasteiger partial charge in [-0.2, -0.15) is 0 Å². The molecule has 5 heteroatoms. The van der Waals surface area contributed by atoms with E-state index in [9.17, 15) is 4.79 Å².